The van der Waals surface area contributed by atoms with E-state index in [4.69, 9.17) is 4.43 Å². The number of hydrogen-bond acceptors (Lipinski definition) is 2. The summed E-state index contributed by atoms with van der Waals surface area (Å²) in [5, 5.41) is 0. The Morgan fingerprint density at radius 2 is 1.85 bits per heavy atom. The average molecular weight is 288 g/mol. The molecular formula is C17H24O2Si. The van der Waals surface area contributed by atoms with Crippen LogP contribution in [0.2, 0.25) is 19.6 Å². The van der Waals surface area contributed by atoms with Gasteiger partial charge in [0.25, 0.3) is 0 Å². The van der Waals surface area contributed by atoms with Crippen molar-refractivity contribution in [3.8, 4) is 0 Å². The Morgan fingerprint density at radius 3 is 2.40 bits per heavy atom. The lowest BCUT2D eigenvalue weighted by Gasteiger charge is -2.43. The Morgan fingerprint density at radius 1 is 1.20 bits per heavy atom. The van der Waals surface area contributed by atoms with Gasteiger partial charge < -0.3 is 4.43 Å². The van der Waals surface area contributed by atoms with Crippen molar-refractivity contribution in [1.29, 1.82) is 0 Å². The minimum absolute atomic E-state index is 0.136. The lowest BCUT2D eigenvalue weighted by atomic mass is 9.75. The molecule has 0 saturated heterocycles. The molecule has 0 spiro atoms. The van der Waals surface area contributed by atoms with Crippen LogP contribution in [0.3, 0.4) is 0 Å². The zero-order chi connectivity index (χ0) is 14.8. The SMILES string of the molecule is CC1CC=CCC1(O[Si](C)(C)C)C(=O)c1ccccc1. The molecule has 0 amide bonds. The summed E-state index contributed by atoms with van der Waals surface area (Å²) in [5.41, 5.74) is 0.0773. The van der Waals surface area contributed by atoms with Crippen molar-refractivity contribution in [2.45, 2.75) is 45.0 Å². The molecule has 0 fully saturated rings. The largest absolute Gasteiger partial charge is 0.404 e. The summed E-state index contributed by atoms with van der Waals surface area (Å²) in [6, 6.07) is 9.55. The number of carbonyl (C=O) groups excluding carboxylic acids is 1. The molecule has 0 bridgehead atoms. The van der Waals surface area contributed by atoms with Crippen LogP contribution in [0.5, 0.6) is 0 Å². The number of hydrogen-bond donors (Lipinski definition) is 0. The Labute approximate surface area is 123 Å². The van der Waals surface area contributed by atoms with Crippen LogP contribution in [0.4, 0.5) is 0 Å². The van der Waals surface area contributed by atoms with Crippen LogP contribution in [0.25, 0.3) is 0 Å². The molecule has 2 nitrogen and oxygen atoms in total. The number of ketones is 1. The summed E-state index contributed by atoms with van der Waals surface area (Å²) in [6.45, 7) is 8.58. The second-order valence-electron chi connectivity index (χ2n) is 6.61. The highest BCUT2D eigenvalue weighted by atomic mass is 28.4. The van der Waals surface area contributed by atoms with E-state index in [9.17, 15) is 4.79 Å². The minimum atomic E-state index is -1.81. The lowest BCUT2D eigenvalue weighted by molar-refractivity contribution is 0.0128. The Bertz CT molecular complexity index is 501. The summed E-state index contributed by atoms with van der Waals surface area (Å²) in [5.74, 6) is 0.351. The molecule has 1 aromatic rings. The summed E-state index contributed by atoms with van der Waals surface area (Å²) in [7, 11) is -1.81. The van der Waals surface area contributed by atoms with Gasteiger partial charge in [-0.2, -0.15) is 0 Å². The first-order valence-corrected chi connectivity index (χ1v) is 10.7. The van der Waals surface area contributed by atoms with Crippen LogP contribution in [0, 0.1) is 5.92 Å². The molecule has 20 heavy (non-hydrogen) atoms. The van der Waals surface area contributed by atoms with E-state index in [0.717, 1.165) is 12.0 Å². The van der Waals surface area contributed by atoms with Gasteiger partial charge >= 0.3 is 0 Å². The maximum Gasteiger partial charge on any atom is 0.194 e. The third-order valence-electron chi connectivity index (χ3n) is 3.78. The number of benzene rings is 1. The molecule has 2 atom stereocenters. The molecule has 108 valence electrons. The van der Waals surface area contributed by atoms with E-state index >= 15 is 0 Å². The summed E-state index contributed by atoms with van der Waals surface area (Å²) < 4.78 is 6.43. The second-order valence-corrected chi connectivity index (χ2v) is 11.0. The van der Waals surface area contributed by atoms with Gasteiger partial charge in [0.15, 0.2) is 14.1 Å². The fourth-order valence-corrected chi connectivity index (χ4v) is 4.31. The van der Waals surface area contributed by atoms with Gasteiger partial charge in [-0.25, -0.2) is 0 Å². The van der Waals surface area contributed by atoms with Crippen molar-refractivity contribution < 1.29 is 9.22 Å². The van der Waals surface area contributed by atoms with E-state index in [1.807, 2.05) is 30.3 Å². The zero-order valence-corrected chi connectivity index (χ0v) is 13.8. The third-order valence-corrected chi connectivity index (χ3v) is 4.76. The molecule has 0 aliphatic heterocycles. The maximum absolute atomic E-state index is 13.1. The van der Waals surface area contributed by atoms with E-state index in [0.29, 0.717) is 6.42 Å². The summed E-state index contributed by atoms with van der Waals surface area (Å²) >= 11 is 0. The predicted octanol–water partition coefficient (Wildman–Crippen LogP) is 4.45. The molecule has 0 saturated carbocycles. The normalized spacial score (nSPS) is 26.5. The number of carbonyl (C=O) groups is 1. The molecule has 2 unspecified atom stereocenters. The van der Waals surface area contributed by atoms with Gasteiger partial charge in [-0.05, 0) is 32.0 Å². The van der Waals surface area contributed by atoms with Crippen LogP contribution < -0.4 is 0 Å². The molecule has 0 N–H and O–H groups in total. The van der Waals surface area contributed by atoms with Crippen molar-refractivity contribution in [2.75, 3.05) is 0 Å². The first kappa shape index (κ1) is 15.2. The van der Waals surface area contributed by atoms with Crippen LogP contribution in [0.1, 0.15) is 30.1 Å². The Balaban J connectivity index is 2.42. The molecule has 1 aliphatic carbocycles. The first-order chi connectivity index (χ1) is 9.35. The fraction of sp³-hybridized carbons (Fsp3) is 0.471. The highest BCUT2D eigenvalue weighted by Gasteiger charge is 2.47. The van der Waals surface area contributed by atoms with Crippen LogP contribution in [-0.2, 0) is 4.43 Å². The molecular weight excluding hydrogens is 264 g/mol. The van der Waals surface area contributed by atoms with Gasteiger partial charge in [-0.3, -0.25) is 4.79 Å². The van der Waals surface area contributed by atoms with E-state index < -0.39 is 13.9 Å². The zero-order valence-electron chi connectivity index (χ0n) is 12.8. The van der Waals surface area contributed by atoms with Crippen LogP contribution in [0.15, 0.2) is 42.5 Å². The lowest BCUT2D eigenvalue weighted by Crippen LogP contribution is -2.53. The van der Waals surface area contributed by atoms with Crippen molar-refractivity contribution in [3.63, 3.8) is 0 Å². The molecule has 1 aliphatic rings. The topological polar surface area (TPSA) is 26.3 Å². The molecule has 1 aromatic carbocycles. The van der Waals surface area contributed by atoms with Crippen molar-refractivity contribution >= 4 is 14.1 Å². The standard InChI is InChI=1S/C17H24O2Si/c1-14-10-8-9-13-17(14,19-20(2,3)4)16(18)15-11-6-5-7-12-15/h5-9,11-12,14H,10,13H2,1-4H3. The van der Waals surface area contributed by atoms with Gasteiger partial charge in [0.2, 0.25) is 0 Å². The minimum Gasteiger partial charge on any atom is -0.404 e. The van der Waals surface area contributed by atoms with E-state index in [2.05, 4.69) is 38.7 Å². The average Bonchev–Trinajstić information content (AvgIpc) is 2.40. The molecule has 0 radical (unpaired) electrons. The maximum atomic E-state index is 13.1. The third kappa shape index (κ3) is 3.10. The molecule has 0 heterocycles. The van der Waals surface area contributed by atoms with Crippen LogP contribution >= 0.6 is 0 Å². The summed E-state index contributed by atoms with van der Waals surface area (Å²) in [6.07, 6.45) is 5.85. The van der Waals surface area contributed by atoms with Gasteiger partial charge in [0, 0.05) is 12.0 Å². The molecule has 3 heteroatoms. The predicted molar refractivity (Wildman–Crippen MR) is 85.5 cm³/mol. The van der Waals surface area contributed by atoms with Gasteiger partial charge in [-0.1, -0.05) is 49.4 Å². The monoisotopic (exact) mass is 288 g/mol. The van der Waals surface area contributed by atoms with Gasteiger partial charge in [0.1, 0.15) is 5.60 Å². The van der Waals surface area contributed by atoms with Crippen LogP contribution in [-0.4, -0.2) is 19.7 Å². The highest BCUT2D eigenvalue weighted by molar-refractivity contribution is 6.70. The van der Waals surface area contributed by atoms with Crippen molar-refractivity contribution in [1.82, 2.24) is 0 Å². The molecule has 0 aromatic heterocycles. The Kier molecular flexibility index (Phi) is 4.30. The number of rotatable bonds is 4. The van der Waals surface area contributed by atoms with E-state index in [1.54, 1.807) is 0 Å². The summed E-state index contributed by atoms with van der Waals surface area (Å²) in [4.78, 5) is 13.1. The number of Topliss-reactive ketones (excluding diaryl/α,β-unsaturated/α-hetero) is 1. The highest BCUT2D eigenvalue weighted by Crippen LogP contribution is 2.38. The smallest absolute Gasteiger partial charge is 0.194 e. The van der Waals surface area contributed by atoms with Crippen molar-refractivity contribution in [2.24, 2.45) is 5.92 Å². The first-order valence-electron chi connectivity index (χ1n) is 7.30. The van der Waals surface area contributed by atoms with E-state index in [-0.39, 0.29) is 11.7 Å². The Hall–Kier alpha value is -1.19. The van der Waals surface area contributed by atoms with Crippen molar-refractivity contribution in [3.05, 3.63) is 48.0 Å². The fourth-order valence-electron chi connectivity index (χ4n) is 2.84. The number of allylic oxidation sites excluding steroid dienone is 1. The van der Waals surface area contributed by atoms with Gasteiger partial charge in [-0.15, -0.1) is 0 Å². The van der Waals surface area contributed by atoms with E-state index in [1.165, 1.54) is 0 Å². The quantitative estimate of drug-likeness (QED) is 0.465. The van der Waals surface area contributed by atoms with Gasteiger partial charge in [0.05, 0.1) is 0 Å². The molecule has 2 rings (SSSR count). The second kappa shape index (κ2) is 5.66.